The van der Waals surface area contributed by atoms with E-state index < -0.39 is 12.2 Å². The summed E-state index contributed by atoms with van der Waals surface area (Å²) in [6.45, 7) is 7.92. The summed E-state index contributed by atoms with van der Waals surface area (Å²) < 4.78 is 7.63. The van der Waals surface area contributed by atoms with Gasteiger partial charge in [0, 0.05) is 6.42 Å². The lowest BCUT2D eigenvalue weighted by atomic mass is 9.97. The van der Waals surface area contributed by atoms with Crippen LogP contribution in [0.3, 0.4) is 0 Å². The van der Waals surface area contributed by atoms with Crippen molar-refractivity contribution < 1.29 is 14.9 Å². The predicted molar refractivity (Wildman–Crippen MR) is 81.7 cm³/mol. The molecule has 0 unspecified atom stereocenters. The highest BCUT2D eigenvalue weighted by molar-refractivity contribution is 14.1. The molecular weight excluding hydrogens is 343 g/mol. The molecule has 2 N–H and O–H groups in total. The molecule has 104 valence electrons. The van der Waals surface area contributed by atoms with E-state index in [0.717, 1.165) is 12.0 Å². The van der Waals surface area contributed by atoms with E-state index in [1.165, 1.54) is 5.57 Å². The molecule has 0 aromatic heterocycles. The fraction of sp³-hybridized carbons (Fsp3) is 0.714. The molecule has 1 heterocycles. The van der Waals surface area contributed by atoms with E-state index >= 15 is 0 Å². The van der Waals surface area contributed by atoms with Gasteiger partial charge in [0.2, 0.25) is 0 Å². The van der Waals surface area contributed by atoms with Crippen LogP contribution in [0.25, 0.3) is 0 Å². The molecule has 0 radical (unpaired) electrons. The van der Waals surface area contributed by atoms with Gasteiger partial charge in [-0.25, -0.2) is 0 Å². The first-order chi connectivity index (χ1) is 8.43. The van der Waals surface area contributed by atoms with Crippen molar-refractivity contribution in [1.82, 2.24) is 0 Å². The summed E-state index contributed by atoms with van der Waals surface area (Å²) in [6, 6.07) is 0. The van der Waals surface area contributed by atoms with E-state index in [0.29, 0.717) is 19.3 Å². The molecule has 1 rings (SSSR count). The van der Waals surface area contributed by atoms with Crippen LogP contribution < -0.4 is 0 Å². The Morgan fingerprint density at radius 1 is 1.61 bits per heavy atom. The summed E-state index contributed by atoms with van der Waals surface area (Å²) in [6.07, 6.45) is 1.71. The van der Waals surface area contributed by atoms with Gasteiger partial charge in [0.25, 0.3) is 0 Å². The maximum atomic E-state index is 10.0. The van der Waals surface area contributed by atoms with Crippen LogP contribution in [0.4, 0.5) is 0 Å². The van der Waals surface area contributed by atoms with E-state index in [9.17, 15) is 10.2 Å². The molecule has 0 aliphatic carbocycles. The lowest BCUT2D eigenvalue weighted by molar-refractivity contribution is 0.0134. The third-order valence-corrected chi connectivity index (χ3v) is 4.41. The number of aliphatic hydroxyl groups is 2. The fourth-order valence-electron chi connectivity index (χ4n) is 2.14. The van der Waals surface area contributed by atoms with E-state index in [2.05, 4.69) is 29.2 Å². The summed E-state index contributed by atoms with van der Waals surface area (Å²) in [5.41, 5.74) is 2.02. The molecular formula is C14H23IO3. The summed E-state index contributed by atoms with van der Waals surface area (Å²) in [7, 11) is 0. The molecule has 1 saturated heterocycles. The molecule has 18 heavy (non-hydrogen) atoms. The third kappa shape index (κ3) is 4.99. The number of aliphatic hydroxyl groups excluding tert-OH is 2. The molecule has 4 heteroatoms. The molecule has 0 amide bonds. The number of rotatable bonds is 6. The molecule has 0 saturated carbocycles. The smallest absolute Gasteiger partial charge is 0.0876 e. The minimum absolute atomic E-state index is 0.0964. The first kappa shape index (κ1) is 16.1. The van der Waals surface area contributed by atoms with Gasteiger partial charge in [-0.15, -0.1) is 0 Å². The second kappa shape index (κ2) is 7.62. The number of ether oxygens (including phenoxy) is 1. The minimum atomic E-state index is -0.511. The van der Waals surface area contributed by atoms with Crippen molar-refractivity contribution in [3.8, 4) is 0 Å². The first-order valence-electron chi connectivity index (χ1n) is 6.39. The quantitative estimate of drug-likeness (QED) is 0.561. The van der Waals surface area contributed by atoms with Crippen molar-refractivity contribution >= 4 is 22.6 Å². The molecule has 4 atom stereocenters. The molecule has 0 aromatic rings. The van der Waals surface area contributed by atoms with Crippen LogP contribution >= 0.6 is 22.6 Å². The standard InChI is InChI=1S/C14H23IO3/c1-9(8-15)4-5-12(16)10(2)6-14-13(17)7-11(3)18-14/h8,11-14,16-17H,2,4-7H2,1,3H3/b9-8+/t11-,12+,13+,14+/m1/s1. The maximum Gasteiger partial charge on any atom is 0.0876 e. The Balaban J connectivity index is 2.36. The SMILES string of the molecule is C=C(C[C@@H]1O[C@H](C)C[C@@H]1O)[C@@H](O)CC/C(C)=C/I. The van der Waals surface area contributed by atoms with Crippen LogP contribution in [0.1, 0.15) is 39.5 Å². The molecule has 1 aliphatic heterocycles. The zero-order chi connectivity index (χ0) is 13.7. The normalized spacial score (nSPS) is 30.5. The highest BCUT2D eigenvalue weighted by Crippen LogP contribution is 2.26. The van der Waals surface area contributed by atoms with Gasteiger partial charge in [-0.05, 0) is 42.8 Å². The zero-order valence-electron chi connectivity index (χ0n) is 11.1. The Morgan fingerprint density at radius 2 is 2.28 bits per heavy atom. The molecule has 0 spiro atoms. The van der Waals surface area contributed by atoms with Crippen molar-refractivity contribution in [2.75, 3.05) is 0 Å². The van der Waals surface area contributed by atoms with Gasteiger partial charge in [0.1, 0.15) is 0 Å². The zero-order valence-corrected chi connectivity index (χ0v) is 13.3. The lowest BCUT2D eigenvalue weighted by Crippen LogP contribution is -2.24. The second-order valence-electron chi connectivity index (χ2n) is 5.16. The largest absolute Gasteiger partial charge is 0.390 e. The molecule has 0 bridgehead atoms. The van der Waals surface area contributed by atoms with Gasteiger partial charge in [-0.3, -0.25) is 0 Å². The minimum Gasteiger partial charge on any atom is -0.390 e. The van der Waals surface area contributed by atoms with Crippen LogP contribution in [0, 0.1) is 0 Å². The number of hydrogen-bond donors (Lipinski definition) is 2. The van der Waals surface area contributed by atoms with Crippen molar-refractivity contribution in [3.05, 3.63) is 21.8 Å². The van der Waals surface area contributed by atoms with E-state index in [1.54, 1.807) is 0 Å². The predicted octanol–water partition coefficient (Wildman–Crippen LogP) is 2.95. The number of halogens is 1. The Kier molecular flexibility index (Phi) is 6.84. The van der Waals surface area contributed by atoms with Crippen LogP contribution in [0.5, 0.6) is 0 Å². The van der Waals surface area contributed by atoms with E-state index in [-0.39, 0.29) is 12.2 Å². The average molecular weight is 366 g/mol. The van der Waals surface area contributed by atoms with Gasteiger partial charge in [0.05, 0.1) is 24.4 Å². The lowest BCUT2D eigenvalue weighted by Gasteiger charge is -2.19. The fourth-order valence-corrected chi connectivity index (χ4v) is 2.45. The Morgan fingerprint density at radius 3 is 2.78 bits per heavy atom. The van der Waals surface area contributed by atoms with E-state index in [4.69, 9.17) is 4.74 Å². The van der Waals surface area contributed by atoms with Crippen molar-refractivity contribution in [2.24, 2.45) is 0 Å². The molecule has 1 aliphatic rings. The van der Waals surface area contributed by atoms with Crippen molar-refractivity contribution in [1.29, 1.82) is 0 Å². The van der Waals surface area contributed by atoms with Crippen molar-refractivity contribution in [3.63, 3.8) is 0 Å². The van der Waals surface area contributed by atoms with Crippen LogP contribution in [0.15, 0.2) is 21.8 Å². The van der Waals surface area contributed by atoms with Crippen LogP contribution in [0.2, 0.25) is 0 Å². The Labute approximate surface area is 123 Å². The van der Waals surface area contributed by atoms with Crippen molar-refractivity contribution in [2.45, 2.75) is 63.9 Å². The maximum absolute atomic E-state index is 10.0. The summed E-state index contributed by atoms with van der Waals surface area (Å²) in [5, 5.41) is 19.8. The highest BCUT2D eigenvalue weighted by atomic mass is 127. The van der Waals surface area contributed by atoms with E-state index in [1.807, 2.05) is 17.9 Å². The second-order valence-corrected chi connectivity index (χ2v) is 5.78. The van der Waals surface area contributed by atoms with Crippen LogP contribution in [-0.4, -0.2) is 34.6 Å². The topological polar surface area (TPSA) is 49.7 Å². The summed E-state index contributed by atoms with van der Waals surface area (Å²) >= 11 is 2.20. The molecule has 3 nitrogen and oxygen atoms in total. The van der Waals surface area contributed by atoms with Gasteiger partial charge >= 0.3 is 0 Å². The highest BCUT2D eigenvalue weighted by Gasteiger charge is 2.32. The van der Waals surface area contributed by atoms with Gasteiger partial charge < -0.3 is 14.9 Å². The summed E-state index contributed by atoms with van der Waals surface area (Å²) in [5.74, 6) is 0. The van der Waals surface area contributed by atoms with Crippen LogP contribution in [-0.2, 0) is 4.74 Å². The first-order valence-corrected chi connectivity index (χ1v) is 7.63. The molecule has 0 aromatic carbocycles. The number of allylic oxidation sites excluding steroid dienone is 1. The van der Waals surface area contributed by atoms with Gasteiger partial charge in [0.15, 0.2) is 0 Å². The Hall–Kier alpha value is 0.0900. The Bertz CT molecular complexity index is 314. The average Bonchev–Trinajstić information content (AvgIpc) is 2.64. The van der Waals surface area contributed by atoms with Gasteiger partial charge in [-0.2, -0.15) is 0 Å². The third-order valence-electron chi connectivity index (χ3n) is 3.34. The monoisotopic (exact) mass is 366 g/mol. The molecule has 1 fully saturated rings. The number of hydrogen-bond acceptors (Lipinski definition) is 3. The summed E-state index contributed by atoms with van der Waals surface area (Å²) in [4.78, 5) is 0. The van der Waals surface area contributed by atoms with Gasteiger partial charge in [-0.1, -0.05) is 34.7 Å².